The van der Waals surface area contributed by atoms with Crippen molar-refractivity contribution in [3.63, 3.8) is 0 Å². The lowest BCUT2D eigenvalue weighted by Gasteiger charge is -2.30. The Labute approximate surface area is 262 Å². The van der Waals surface area contributed by atoms with E-state index in [1.807, 2.05) is 37.3 Å². The third kappa shape index (κ3) is 8.05. The maximum absolute atomic E-state index is 13.5. The van der Waals surface area contributed by atoms with Crippen LogP contribution in [-0.2, 0) is 31.5 Å². The van der Waals surface area contributed by atoms with Crippen LogP contribution >= 0.6 is 11.6 Å². The summed E-state index contributed by atoms with van der Waals surface area (Å²) >= 11 is 6.52. The van der Waals surface area contributed by atoms with Crippen molar-refractivity contribution in [3.05, 3.63) is 101 Å². The Morgan fingerprint density at radius 2 is 1.95 bits per heavy atom. The lowest BCUT2D eigenvalue weighted by atomic mass is 9.86. The molecule has 0 fully saturated rings. The molecule has 1 unspecified atom stereocenters. The van der Waals surface area contributed by atoms with Gasteiger partial charge in [0, 0.05) is 29.9 Å². The van der Waals surface area contributed by atoms with Crippen molar-refractivity contribution in [1.82, 2.24) is 9.97 Å². The Morgan fingerprint density at radius 3 is 2.73 bits per heavy atom. The molecular weight excluding hydrogens is 605 g/mol. The summed E-state index contributed by atoms with van der Waals surface area (Å²) in [4.78, 5) is 8.94. The fourth-order valence-corrected chi connectivity index (χ4v) is 6.61. The topological polar surface area (TPSA) is 99.6 Å². The molecule has 0 aliphatic carbocycles. The zero-order chi connectivity index (χ0) is 31.0. The first kappa shape index (κ1) is 31.7. The quantitative estimate of drug-likeness (QED) is 0.134. The van der Waals surface area contributed by atoms with Gasteiger partial charge in [0.25, 0.3) is 0 Å². The minimum absolute atomic E-state index is 0.0420. The normalized spacial score (nSPS) is 16.2. The highest BCUT2D eigenvalue weighted by atomic mass is 35.5. The van der Waals surface area contributed by atoms with Crippen LogP contribution in [0.15, 0.2) is 79.3 Å². The Hall–Kier alpha value is -3.73. The molecule has 2 heterocycles. The molecular formula is C33H35ClFN3O5S. The van der Waals surface area contributed by atoms with E-state index in [1.165, 1.54) is 18.5 Å². The van der Waals surface area contributed by atoms with Crippen LogP contribution in [0.5, 0.6) is 5.75 Å². The van der Waals surface area contributed by atoms with E-state index in [9.17, 15) is 12.8 Å². The molecule has 11 heteroatoms. The van der Waals surface area contributed by atoms with Gasteiger partial charge < -0.3 is 19.5 Å². The van der Waals surface area contributed by atoms with Gasteiger partial charge in [0.1, 0.15) is 35.9 Å². The van der Waals surface area contributed by atoms with Crippen LogP contribution in [0.2, 0.25) is 5.02 Å². The summed E-state index contributed by atoms with van der Waals surface area (Å²) in [5.41, 5.74) is 2.60. The molecule has 0 saturated heterocycles. The SMILES string of the molecule is CCCS(=O)(=O)CCOCCCC1(c2ccc3ncnc(Nc4ccc(OCc5cccc(F)c5)c(Cl)c4)c3c2)CC=CO1. The summed E-state index contributed by atoms with van der Waals surface area (Å²) in [5.74, 6) is 1.00. The van der Waals surface area contributed by atoms with Crippen molar-refractivity contribution in [2.24, 2.45) is 0 Å². The van der Waals surface area contributed by atoms with Crippen LogP contribution in [0.1, 0.15) is 43.7 Å². The first-order valence-corrected chi connectivity index (χ1v) is 16.8. The Balaban J connectivity index is 1.26. The molecule has 0 saturated carbocycles. The minimum atomic E-state index is -3.06. The summed E-state index contributed by atoms with van der Waals surface area (Å²) in [6, 6.07) is 17.6. The van der Waals surface area contributed by atoms with E-state index in [2.05, 4.69) is 15.3 Å². The van der Waals surface area contributed by atoms with Crippen molar-refractivity contribution >= 4 is 43.8 Å². The highest BCUT2D eigenvalue weighted by Gasteiger charge is 2.35. The fraction of sp³-hybridized carbons (Fsp3) is 0.333. The second-order valence-electron chi connectivity index (χ2n) is 10.7. The predicted octanol–water partition coefficient (Wildman–Crippen LogP) is 7.50. The molecule has 0 radical (unpaired) electrons. The van der Waals surface area contributed by atoms with E-state index in [4.69, 9.17) is 25.8 Å². The highest BCUT2D eigenvalue weighted by molar-refractivity contribution is 7.91. The molecule has 0 amide bonds. The van der Waals surface area contributed by atoms with Gasteiger partial charge in [-0.2, -0.15) is 0 Å². The van der Waals surface area contributed by atoms with Crippen molar-refractivity contribution in [1.29, 1.82) is 0 Å². The van der Waals surface area contributed by atoms with E-state index < -0.39 is 15.4 Å². The van der Waals surface area contributed by atoms with Crippen LogP contribution < -0.4 is 10.1 Å². The summed E-state index contributed by atoms with van der Waals surface area (Å²) < 4.78 is 55.0. The molecule has 232 valence electrons. The number of ether oxygens (including phenoxy) is 3. The van der Waals surface area contributed by atoms with E-state index in [-0.39, 0.29) is 30.5 Å². The van der Waals surface area contributed by atoms with Crippen LogP contribution in [0.4, 0.5) is 15.9 Å². The lowest BCUT2D eigenvalue weighted by Crippen LogP contribution is -2.25. The summed E-state index contributed by atoms with van der Waals surface area (Å²) in [6.07, 6.45) is 7.94. The minimum Gasteiger partial charge on any atom is -0.490 e. The van der Waals surface area contributed by atoms with Gasteiger partial charge in [0.15, 0.2) is 9.84 Å². The third-order valence-corrected chi connectivity index (χ3v) is 9.51. The van der Waals surface area contributed by atoms with Crippen LogP contribution in [0.3, 0.4) is 0 Å². The van der Waals surface area contributed by atoms with E-state index in [0.29, 0.717) is 60.1 Å². The van der Waals surface area contributed by atoms with Gasteiger partial charge in [0.2, 0.25) is 0 Å². The molecule has 1 aliphatic heterocycles. The number of sulfone groups is 1. The molecule has 1 N–H and O–H groups in total. The first-order valence-electron chi connectivity index (χ1n) is 14.6. The first-order chi connectivity index (χ1) is 21.3. The van der Waals surface area contributed by atoms with Crippen molar-refractivity contribution < 1.29 is 27.0 Å². The van der Waals surface area contributed by atoms with Crippen molar-refractivity contribution in [2.45, 2.75) is 44.8 Å². The zero-order valence-corrected chi connectivity index (χ0v) is 26.0. The average molecular weight is 640 g/mol. The number of nitrogens with zero attached hydrogens (tertiary/aromatic N) is 2. The number of halogens is 2. The average Bonchev–Trinajstić information content (AvgIpc) is 3.48. The van der Waals surface area contributed by atoms with Gasteiger partial charge in [-0.05, 0) is 78.9 Å². The van der Waals surface area contributed by atoms with Crippen LogP contribution in [0, 0.1) is 5.82 Å². The highest BCUT2D eigenvalue weighted by Crippen LogP contribution is 2.41. The van der Waals surface area contributed by atoms with Crippen molar-refractivity contribution in [2.75, 3.05) is 30.0 Å². The standard InChI is InChI=1S/C33H35ClFN3O5S/c1-2-17-44(39,40)18-16-41-14-4-12-33(13-5-15-43-33)25-8-10-30-28(20-25)32(37-23-36-30)38-27-9-11-31(29(34)21-27)42-22-24-6-3-7-26(35)19-24/h3,5-11,15,19-21,23H,2,4,12-14,16-18,22H2,1H3,(H,36,37,38). The Morgan fingerprint density at radius 1 is 1.07 bits per heavy atom. The Bertz CT molecular complexity index is 1730. The van der Waals surface area contributed by atoms with E-state index >= 15 is 0 Å². The second-order valence-corrected chi connectivity index (χ2v) is 13.4. The van der Waals surface area contributed by atoms with E-state index in [1.54, 1.807) is 30.5 Å². The number of hydrogen-bond acceptors (Lipinski definition) is 8. The zero-order valence-electron chi connectivity index (χ0n) is 24.5. The van der Waals surface area contributed by atoms with Gasteiger partial charge >= 0.3 is 0 Å². The Kier molecular flexibility index (Phi) is 10.3. The molecule has 3 aromatic carbocycles. The summed E-state index contributed by atoms with van der Waals surface area (Å²) in [7, 11) is -3.06. The van der Waals surface area contributed by atoms with E-state index in [0.717, 1.165) is 16.5 Å². The molecule has 1 atom stereocenters. The van der Waals surface area contributed by atoms with Gasteiger partial charge in [-0.25, -0.2) is 22.8 Å². The number of hydrogen-bond donors (Lipinski definition) is 1. The number of rotatable bonds is 15. The predicted molar refractivity (Wildman–Crippen MR) is 171 cm³/mol. The lowest BCUT2D eigenvalue weighted by molar-refractivity contribution is 0.0210. The van der Waals surface area contributed by atoms with Gasteiger partial charge in [-0.15, -0.1) is 0 Å². The molecule has 8 nitrogen and oxygen atoms in total. The van der Waals surface area contributed by atoms with Gasteiger partial charge in [0.05, 0.1) is 29.2 Å². The summed E-state index contributed by atoms with van der Waals surface area (Å²) in [5, 5.41) is 4.57. The molecule has 1 aromatic heterocycles. The second kappa shape index (κ2) is 14.4. The molecule has 44 heavy (non-hydrogen) atoms. The molecule has 0 bridgehead atoms. The molecule has 4 aromatic rings. The smallest absolute Gasteiger partial charge is 0.152 e. The largest absolute Gasteiger partial charge is 0.490 e. The van der Waals surface area contributed by atoms with Crippen LogP contribution in [0.25, 0.3) is 10.9 Å². The van der Waals surface area contributed by atoms with Crippen LogP contribution in [-0.4, -0.2) is 43.1 Å². The monoisotopic (exact) mass is 639 g/mol. The molecule has 5 rings (SSSR count). The number of nitrogens with one attached hydrogen (secondary N) is 1. The number of aromatic nitrogens is 2. The number of fused-ring (bicyclic) bond motifs is 1. The molecule has 1 aliphatic rings. The number of anilines is 2. The fourth-order valence-electron chi connectivity index (χ4n) is 5.18. The maximum atomic E-state index is 13.5. The number of benzene rings is 3. The maximum Gasteiger partial charge on any atom is 0.152 e. The summed E-state index contributed by atoms with van der Waals surface area (Å²) in [6.45, 7) is 2.68. The van der Waals surface area contributed by atoms with Gasteiger partial charge in [-0.3, -0.25) is 0 Å². The van der Waals surface area contributed by atoms with Crippen molar-refractivity contribution in [3.8, 4) is 5.75 Å². The van der Waals surface area contributed by atoms with Gasteiger partial charge in [-0.1, -0.05) is 36.7 Å². The molecule has 0 spiro atoms. The third-order valence-electron chi connectivity index (χ3n) is 7.40.